The van der Waals surface area contributed by atoms with Gasteiger partial charge in [0.05, 0.1) is 12.7 Å². The predicted octanol–water partition coefficient (Wildman–Crippen LogP) is 3.10. The lowest BCUT2D eigenvalue weighted by Gasteiger charge is -2.20. The summed E-state index contributed by atoms with van der Waals surface area (Å²) in [5.74, 6) is -0.882. The van der Waals surface area contributed by atoms with Crippen LogP contribution in [0.25, 0.3) is 0 Å². The van der Waals surface area contributed by atoms with Gasteiger partial charge in [-0.05, 0) is 17.5 Å². The van der Waals surface area contributed by atoms with Gasteiger partial charge in [0.2, 0.25) is 5.91 Å². The normalized spacial score (nSPS) is 10.7. The number of nitriles is 1. The Morgan fingerprint density at radius 1 is 1.47 bits per heavy atom. The van der Waals surface area contributed by atoms with Crippen molar-refractivity contribution in [3.05, 3.63) is 24.0 Å². The molecule has 0 atom stereocenters. The van der Waals surface area contributed by atoms with Crippen LogP contribution in [-0.4, -0.2) is 12.5 Å². The third-order valence-electron chi connectivity index (χ3n) is 2.14. The first-order chi connectivity index (χ1) is 8.83. The first kappa shape index (κ1) is 15.0. The first-order valence-electron chi connectivity index (χ1n) is 5.91. The maximum Gasteiger partial charge on any atom is 0.238 e. The summed E-state index contributed by atoms with van der Waals surface area (Å²) in [7, 11) is 0. The summed E-state index contributed by atoms with van der Waals surface area (Å²) in [6, 6.07) is 6.02. The van der Waals surface area contributed by atoms with Gasteiger partial charge < -0.3 is 10.1 Å². The summed E-state index contributed by atoms with van der Waals surface area (Å²) in [5, 5.41) is 10.8. The highest BCUT2D eigenvalue weighted by atomic mass is 19.1. The van der Waals surface area contributed by atoms with E-state index in [2.05, 4.69) is 5.32 Å². The standard InChI is InChI=1S/C14H17FN2O2/c1-14(2,3)9-19-11-6-4-5-10(15)13(11)17-12(18)7-8-16/h4-6H,7,9H2,1-3H3,(H,17,18). The molecule has 1 amide bonds. The fraction of sp³-hybridized carbons (Fsp3) is 0.429. The Kier molecular flexibility index (Phi) is 4.87. The second kappa shape index (κ2) is 6.19. The number of hydrogen-bond donors (Lipinski definition) is 1. The molecule has 1 rings (SSSR count). The summed E-state index contributed by atoms with van der Waals surface area (Å²) in [4.78, 5) is 11.4. The number of carbonyl (C=O) groups excluding carboxylic acids is 1. The minimum absolute atomic E-state index is 0.0213. The second-order valence-electron chi connectivity index (χ2n) is 5.35. The van der Waals surface area contributed by atoms with Crippen molar-refractivity contribution >= 4 is 11.6 Å². The quantitative estimate of drug-likeness (QED) is 0.908. The van der Waals surface area contributed by atoms with Crippen LogP contribution < -0.4 is 10.1 Å². The molecular weight excluding hydrogens is 247 g/mol. The number of nitrogens with zero attached hydrogens (tertiary/aromatic N) is 1. The molecule has 0 bridgehead atoms. The molecule has 0 aromatic heterocycles. The van der Waals surface area contributed by atoms with Crippen LogP contribution in [0.1, 0.15) is 27.2 Å². The number of ether oxygens (including phenoxy) is 1. The van der Waals surface area contributed by atoms with Crippen molar-refractivity contribution in [1.29, 1.82) is 5.26 Å². The van der Waals surface area contributed by atoms with Crippen LogP contribution in [0, 0.1) is 22.6 Å². The molecule has 102 valence electrons. The third-order valence-corrected chi connectivity index (χ3v) is 2.14. The molecule has 0 radical (unpaired) electrons. The number of para-hydroxylation sites is 1. The molecule has 1 aromatic rings. The summed E-state index contributed by atoms with van der Waals surface area (Å²) in [5.41, 5.74) is -0.104. The van der Waals surface area contributed by atoms with E-state index in [1.807, 2.05) is 20.8 Å². The third kappa shape index (κ3) is 4.96. The molecule has 1 aromatic carbocycles. The number of rotatable bonds is 4. The number of carbonyl (C=O) groups is 1. The van der Waals surface area contributed by atoms with Gasteiger partial charge in [-0.2, -0.15) is 5.26 Å². The molecule has 4 nitrogen and oxygen atoms in total. The van der Waals surface area contributed by atoms with Gasteiger partial charge >= 0.3 is 0 Å². The van der Waals surface area contributed by atoms with Crippen LogP contribution in [0.4, 0.5) is 10.1 Å². The molecule has 1 N–H and O–H groups in total. The Balaban J connectivity index is 2.89. The molecule has 0 aliphatic heterocycles. The van der Waals surface area contributed by atoms with E-state index in [9.17, 15) is 9.18 Å². The van der Waals surface area contributed by atoms with E-state index < -0.39 is 11.7 Å². The highest BCUT2D eigenvalue weighted by molar-refractivity contribution is 5.93. The monoisotopic (exact) mass is 264 g/mol. The van der Waals surface area contributed by atoms with Gasteiger partial charge in [-0.15, -0.1) is 0 Å². The average molecular weight is 264 g/mol. The lowest BCUT2D eigenvalue weighted by Crippen LogP contribution is -2.19. The van der Waals surface area contributed by atoms with E-state index in [1.54, 1.807) is 12.1 Å². The van der Waals surface area contributed by atoms with E-state index in [1.165, 1.54) is 12.1 Å². The average Bonchev–Trinajstić information content (AvgIpc) is 2.29. The number of benzene rings is 1. The first-order valence-corrected chi connectivity index (χ1v) is 5.91. The van der Waals surface area contributed by atoms with E-state index >= 15 is 0 Å². The summed E-state index contributed by atoms with van der Waals surface area (Å²) in [6.45, 7) is 6.35. The minimum Gasteiger partial charge on any atom is -0.491 e. The summed E-state index contributed by atoms with van der Waals surface area (Å²) in [6.07, 6.45) is -0.326. The zero-order valence-electron chi connectivity index (χ0n) is 11.3. The van der Waals surface area contributed by atoms with Crippen molar-refractivity contribution in [2.45, 2.75) is 27.2 Å². The molecule has 19 heavy (non-hydrogen) atoms. The maximum absolute atomic E-state index is 13.7. The second-order valence-corrected chi connectivity index (χ2v) is 5.35. The Morgan fingerprint density at radius 3 is 2.74 bits per heavy atom. The van der Waals surface area contributed by atoms with Crippen molar-refractivity contribution in [3.63, 3.8) is 0 Å². The van der Waals surface area contributed by atoms with Crippen molar-refractivity contribution in [2.75, 3.05) is 11.9 Å². The van der Waals surface area contributed by atoms with Gasteiger partial charge in [0.15, 0.2) is 5.82 Å². The van der Waals surface area contributed by atoms with Crippen molar-refractivity contribution < 1.29 is 13.9 Å². The SMILES string of the molecule is CC(C)(C)COc1cccc(F)c1NC(=O)CC#N. The fourth-order valence-electron chi connectivity index (χ4n) is 1.30. The smallest absolute Gasteiger partial charge is 0.238 e. The fourth-order valence-corrected chi connectivity index (χ4v) is 1.30. The van der Waals surface area contributed by atoms with Crippen LogP contribution in [0.15, 0.2) is 18.2 Å². The topological polar surface area (TPSA) is 62.1 Å². The molecule has 0 aliphatic rings. The molecule has 0 heterocycles. The molecule has 0 saturated heterocycles. The Hall–Kier alpha value is -2.09. The van der Waals surface area contributed by atoms with Crippen molar-refractivity contribution in [2.24, 2.45) is 5.41 Å². The molecule has 0 spiro atoms. The highest BCUT2D eigenvalue weighted by Gasteiger charge is 2.16. The zero-order chi connectivity index (χ0) is 14.5. The Labute approximate surface area is 112 Å². The van der Waals surface area contributed by atoms with Crippen LogP contribution in [0.5, 0.6) is 5.75 Å². The predicted molar refractivity (Wildman–Crippen MR) is 70.2 cm³/mol. The molecule has 0 unspecified atom stereocenters. The number of halogens is 1. The summed E-state index contributed by atoms with van der Waals surface area (Å²) < 4.78 is 19.2. The summed E-state index contributed by atoms with van der Waals surface area (Å²) >= 11 is 0. The van der Waals surface area contributed by atoms with Gasteiger partial charge in [-0.25, -0.2) is 4.39 Å². The van der Waals surface area contributed by atoms with E-state index in [-0.39, 0.29) is 23.3 Å². The van der Waals surface area contributed by atoms with Crippen molar-refractivity contribution in [1.82, 2.24) is 0 Å². The van der Waals surface area contributed by atoms with Crippen LogP contribution in [0.3, 0.4) is 0 Å². The largest absolute Gasteiger partial charge is 0.491 e. The zero-order valence-corrected chi connectivity index (χ0v) is 11.3. The van der Waals surface area contributed by atoms with E-state index in [4.69, 9.17) is 10.00 Å². The minimum atomic E-state index is -0.585. The lowest BCUT2D eigenvalue weighted by molar-refractivity contribution is -0.115. The molecule has 0 aliphatic carbocycles. The Morgan fingerprint density at radius 2 is 2.16 bits per heavy atom. The number of amides is 1. The van der Waals surface area contributed by atoms with Gasteiger partial charge in [0.25, 0.3) is 0 Å². The highest BCUT2D eigenvalue weighted by Crippen LogP contribution is 2.29. The van der Waals surface area contributed by atoms with Crippen molar-refractivity contribution in [3.8, 4) is 11.8 Å². The van der Waals surface area contributed by atoms with Gasteiger partial charge in [0, 0.05) is 0 Å². The van der Waals surface area contributed by atoms with Crippen LogP contribution in [0.2, 0.25) is 0 Å². The molecule has 5 heteroatoms. The number of hydrogen-bond acceptors (Lipinski definition) is 3. The lowest BCUT2D eigenvalue weighted by atomic mass is 9.99. The van der Waals surface area contributed by atoms with Crippen LogP contribution in [-0.2, 0) is 4.79 Å². The maximum atomic E-state index is 13.7. The van der Waals surface area contributed by atoms with E-state index in [0.29, 0.717) is 6.61 Å². The molecule has 0 fully saturated rings. The molecular formula is C14H17FN2O2. The van der Waals surface area contributed by atoms with Gasteiger partial charge in [-0.3, -0.25) is 4.79 Å². The van der Waals surface area contributed by atoms with Crippen LogP contribution >= 0.6 is 0 Å². The van der Waals surface area contributed by atoms with E-state index in [0.717, 1.165) is 0 Å². The molecule has 0 saturated carbocycles. The van der Waals surface area contributed by atoms with Gasteiger partial charge in [-0.1, -0.05) is 26.8 Å². The number of nitrogens with one attached hydrogen (secondary N) is 1. The van der Waals surface area contributed by atoms with Gasteiger partial charge in [0.1, 0.15) is 17.9 Å². The number of anilines is 1. The Bertz CT molecular complexity index is 501.